The van der Waals surface area contributed by atoms with E-state index in [0.29, 0.717) is 24.1 Å². The maximum absolute atomic E-state index is 12.6. The molecule has 0 bridgehead atoms. The summed E-state index contributed by atoms with van der Waals surface area (Å²) in [4.78, 5) is 21.9. The molecule has 8 nitrogen and oxygen atoms in total. The lowest BCUT2D eigenvalue weighted by atomic mass is 10.1. The second kappa shape index (κ2) is 8.52. The molecule has 1 aliphatic rings. The van der Waals surface area contributed by atoms with Crippen LogP contribution in [0, 0.1) is 0 Å². The standard InChI is InChI=1S/C20H21N5O3S/c1-27-16-7-6-14(13-4-5-13)10-17(16)29-24-19(26)18-21-11-15(20(23-18)28-2)12-25-9-3-8-22-25/h3,6-11,13H,4-5,12H2,1-2H3,(H,24,26). The van der Waals surface area contributed by atoms with Crippen molar-refractivity contribution in [3.8, 4) is 11.6 Å². The summed E-state index contributed by atoms with van der Waals surface area (Å²) in [6.45, 7) is 0.456. The molecular weight excluding hydrogens is 390 g/mol. The number of amides is 1. The fourth-order valence-corrected chi connectivity index (χ4v) is 3.69. The van der Waals surface area contributed by atoms with E-state index in [2.05, 4.69) is 31.9 Å². The summed E-state index contributed by atoms with van der Waals surface area (Å²) in [6.07, 6.45) is 7.53. The number of carbonyl (C=O) groups excluding carboxylic acids is 1. The number of nitrogens with zero attached hydrogens (tertiary/aromatic N) is 4. The van der Waals surface area contributed by atoms with Gasteiger partial charge in [0.2, 0.25) is 11.7 Å². The predicted octanol–water partition coefficient (Wildman–Crippen LogP) is 3.05. The Morgan fingerprint density at radius 2 is 2.17 bits per heavy atom. The van der Waals surface area contributed by atoms with Crippen molar-refractivity contribution in [2.24, 2.45) is 0 Å². The zero-order chi connectivity index (χ0) is 20.2. The molecule has 4 rings (SSSR count). The molecule has 1 amide bonds. The first-order valence-corrected chi connectivity index (χ1v) is 10.0. The first-order valence-electron chi connectivity index (χ1n) is 9.20. The summed E-state index contributed by atoms with van der Waals surface area (Å²) in [6, 6.07) is 7.91. The van der Waals surface area contributed by atoms with Crippen LogP contribution in [0.25, 0.3) is 0 Å². The van der Waals surface area contributed by atoms with Gasteiger partial charge in [0, 0.05) is 18.6 Å². The number of carbonyl (C=O) groups is 1. The molecule has 1 aromatic carbocycles. The molecule has 3 aromatic rings. The average Bonchev–Trinajstić information content (AvgIpc) is 3.48. The fourth-order valence-electron chi connectivity index (χ4n) is 2.94. The molecule has 2 aromatic heterocycles. The van der Waals surface area contributed by atoms with Gasteiger partial charge in [0.15, 0.2) is 0 Å². The Kier molecular flexibility index (Phi) is 5.66. The van der Waals surface area contributed by atoms with E-state index in [1.807, 2.05) is 18.3 Å². The van der Waals surface area contributed by atoms with Crippen molar-refractivity contribution in [2.45, 2.75) is 30.2 Å². The van der Waals surface area contributed by atoms with Crippen LogP contribution in [0.4, 0.5) is 0 Å². The molecule has 1 saturated carbocycles. The minimum Gasteiger partial charge on any atom is -0.496 e. The molecule has 1 fully saturated rings. The van der Waals surface area contributed by atoms with Gasteiger partial charge in [-0.05, 0) is 54.5 Å². The molecular formula is C20H21N5O3S. The zero-order valence-corrected chi connectivity index (χ0v) is 17.0. The molecule has 0 saturated heterocycles. The SMILES string of the molecule is COc1ccc(C2CC2)cc1SNC(=O)c1ncc(Cn2cccn2)c(OC)n1. The Balaban J connectivity index is 1.46. The topological polar surface area (TPSA) is 91.2 Å². The first kappa shape index (κ1) is 19.3. The second-order valence-electron chi connectivity index (χ2n) is 6.65. The fraction of sp³-hybridized carbons (Fsp3) is 0.300. The van der Waals surface area contributed by atoms with Crippen LogP contribution in [0.15, 0.2) is 47.8 Å². The van der Waals surface area contributed by atoms with Gasteiger partial charge < -0.3 is 9.47 Å². The van der Waals surface area contributed by atoms with Gasteiger partial charge in [-0.3, -0.25) is 14.2 Å². The van der Waals surface area contributed by atoms with Crippen molar-refractivity contribution >= 4 is 17.9 Å². The molecule has 9 heteroatoms. The number of ether oxygens (including phenoxy) is 2. The van der Waals surface area contributed by atoms with E-state index < -0.39 is 5.91 Å². The molecule has 150 valence electrons. The zero-order valence-electron chi connectivity index (χ0n) is 16.2. The minimum absolute atomic E-state index is 0.0379. The van der Waals surface area contributed by atoms with Gasteiger partial charge in [-0.25, -0.2) is 4.98 Å². The third-order valence-corrected chi connectivity index (χ3v) is 5.43. The number of aromatic nitrogens is 4. The van der Waals surface area contributed by atoms with E-state index in [0.717, 1.165) is 10.5 Å². The summed E-state index contributed by atoms with van der Waals surface area (Å²) in [5.74, 6) is 1.31. The molecule has 1 N–H and O–H groups in total. The highest BCUT2D eigenvalue weighted by Gasteiger charge is 2.24. The lowest BCUT2D eigenvalue weighted by Gasteiger charge is -2.11. The van der Waals surface area contributed by atoms with E-state index in [1.165, 1.54) is 37.5 Å². The average molecular weight is 411 g/mol. The summed E-state index contributed by atoms with van der Waals surface area (Å²) in [5, 5.41) is 4.16. The monoisotopic (exact) mass is 411 g/mol. The van der Waals surface area contributed by atoms with Crippen LogP contribution in [-0.2, 0) is 6.54 Å². The van der Waals surface area contributed by atoms with Gasteiger partial charge >= 0.3 is 0 Å². The number of hydrogen-bond acceptors (Lipinski definition) is 7. The minimum atomic E-state index is -0.405. The Morgan fingerprint density at radius 3 is 2.86 bits per heavy atom. The van der Waals surface area contributed by atoms with Crippen molar-refractivity contribution in [3.05, 3.63) is 59.8 Å². The molecule has 0 radical (unpaired) electrons. The van der Waals surface area contributed by atoms with Crippen molar-refractivity contribution in [3.63, 3.8) is 0 Å². The van der Waals surface area contributed by atoms with E-state index in [9.17, 15) is 4.79 Å². The molecule has 2 heterocycles. The molecule has 29 heavy (non-hydrogen) atoms. The van der Waals surface area contributed by atoms with Gasteiger partial charge in [0.05, 0.1) is 31.2 Å². The Morgan fingerprint density at radius 1 is 1.31 bits per heavy atom. The molecule has 0 aliphatic heterocycles. The summed E-state index contributed by atoms with van der Waals surface area (Å²) >= 11 is 1.20. The quantitative estimate of drug-likeness (QED) is 0.570. The first-order chi connectivity index (χ1) is 14.2. The number of nitrogens with one attached hydrogen (secondary N) is 1. The molecule has 0 atom stereocenters. The maximum atomic E-state index is 12.6. The maximum Gasteiger partial charge on any atom is 0.299 e. The summed E-state index contributed by atoms with van der Waals surface area (Å²) in [5.41, 5.74) is 2.00. The van der Waals surface area contributed by atoms with E-state index >= 15 is 0 Å². The van der Waals surface area contributed by atoms with Crippen LogP contribution in [0.2, 0.25) is 0 Å². The molecule has 1 aliphatic carbocycles. The van der Waals surface area contributed by atoms with Gasteiger partial charge in [-0.1, -0.05) is 6.07 Å². The van der Waals surface area contributed by atoms with Gasteiger partial charge in [-0.15, -0.1) is 0 Å². The largest absolute Gasteiger partial charge is 0.496 e. The van der Waals surface area contributed by atoms with Crippen molar-refractivity contribution in [1.82, 2.24) is 24.5 Å². The molecule has 0 unspecified atom stereocenters. The van der Waals surface area contributed by atoms with Crippen LogP contribution in [-0.4, -0.2) is 39.9 Å². The van der Waals surface area contributed by atoms with E-state index in [-0.39, 0.29) is 5.82 Å². The Bertz CT molecular complexity index is 1010. The highest BCUT2D eigenvalue weighted by Crippen LogP contribution is 2.42. The van der Waals surface area contributed by atoms with Crippen LogP contribution in [0.3, 0.4) is 0 Å². The number of rotatable bonds is 8. The van der Waals surface area contributed by atoms with Crippen molar-refractivity contribution in [1.29, 1.82) is 0 Å². The predicted molar refractivity (Wildman–Crippen MR) is 108 cm³/mol. The van der Waals surface area contributed by atoms with Crippen molar-refractivity contribution < 1.29 is 14.3 Å². The van der Waals surface area contributed by atoms with Crippen molar-refractivity contribution in [2.75, 3.05) is 14.2 Å². The van der Waals surface area contributed by atoms with Crippen LogP contribution < -0.4 is 14.2 Å². The lowest BCUT2D eigenvalue weighted by Crippen LogP contribution is -2.20. The van der Waals surface area contributed by atoms with E-state index in [4.69, 9.17) is 9.47 Å². The highest BCUT2D eigenvalue weighted by molar-refractivity contribution is 7.98. The smallest absolute Gasteiger partial charge is 0.299 e. The normalized spacial score (nSPS) is 13.2. The second-order valence-corrected chi connectivity index (χ2v) is 7.50. The van der Waals surface area contributed by atoms with Gasteiger partial charge in [0.1, 0.15) is 5.75 Å². The number of hydrogen-bond donors (Lipinski definition) is 1. The third kappa shape index (κ3) is 4.51. The number of benzene rings is 1. The summed E-state index contributed by atoms with van der Waals surface area (Å²) < 4.78 is 15.3. The Hall–Kier alpha value is -3.07. The highest BCUT2D eigenvalue weighted by atomic mass is 32.2. The van der Waals surface area contributed by atoms with Gasteiger partial charge in [0.25, 0.3) is 5.91 Å². The van der Waals surface area contributed by atoms with Crippen LogP contribution >= 0.6 is 11.9 Å². The Labute approximate surface area is 172 Å². The number of methoxy groups -OCH3 is 2. The lowest BCUT2D eigenvalue weighted by molar-refractivity contribution is 0.0973. The van der Waals surface area contributed by atoms with Gasteiger partial charge in [-0.2, -0.15) is 10.1 Å². The van der Waals surface area contributed by atoms with E-state index in [1.54, 1.807) is 24.2 Å². The molecule has 0 spiro atoms. The third-order valence-electron chi connectivity index (χ3n) is 4.60. The van der Waals surface area contributed by atoms with Crippen LogP contribution in [0.1, 0.15) is 40.5 Å². The summed E-state index contributed by atoms with van der Waals surface area (Å²) in [7, 11) is 3.13. The van der Waals surface area contributed by atoms with Crippen LogP contribution in [0.5, 0.6) is 11.6 Å².